The monoisotopic (exact) mass is 410 g/mol. The average molecular weight is 411 g/mol. The number of rotatable bonds is 5. The maximum atomic E-state index is 13.7. The van der Waals surface area contributed by atoms with Gasteiger partial charge in [-0.1, -0.05) is 62.6 Å². The Kier molecular flexibility index (Phi) is 8.20. The van der Waals surface area contributed by atoms with Crippen molar-refractivity contribution in [3.05, 3.63) is 47.7 Å². The Bertz CT molecular complexity index is 643. The summed E-state index contributed by atoms with van der Waals surface area (Å²) < 4.78 is 0. The molecule has 0 spiro atoms. The van der Waals surface area contributed by atoms with Gasteiger partial charge in [0.15, 0.2) is 4.87 Å². The van der Waals surface area contributed by atoms with E-state index in [1.807, 2.05) is 42.3 Å². The number of alkyl halides is 1. The lowest BCUT2D eigenvalue weighted by molar-refractivity contribution is -0.133. The Balaban J connectivity index is 0.00000261. The minimum Gasteiger partial charge on any atom is -0.318 e. The van der Waals surface area contributed by atoms with Crippen LogP contribution in [0.15, 0.2) is 42.1 Å². The van der Waals surface area contributed by atoms with Crippen molar-refractivity contribution in [3.8, 4) is 0 Å². The molecule has 1 unspecified atom stereocenters. The van der Waals surface area contributed by atoms with Crippen LogP contribution in [0, 0.1) is 5.92 Å². The van der Waals surface area contributed by atoms with Gasteiger partial charge in [-0.25, -0.2) is 0 Å². The van der Waals surface area contributed by atoms with E-state index in [1.54, 1.807) is 0 Å². The lowest BCUT2D eigenvalue weighted by Gasteiger charge is -2.40. The van der Waals surface area contributed by atoms with Crippen LogP contribution in [-0.2, 0) is 9.67 Å². The second-order valence-corrected chi connectivity index (χ2v) is 8.21. The van der Waals surface area contributed by atoms with Gasteiger partial charge in [0.05, 0.1) is 0 Å². The number of amides is 1. The van der Waals surface area contributed by atoms with Gasteiger partial charge in [0.25, 0.3) is 5.91 Å². The number of nitrogens with zero attached hydrogens (tertiary/aromatic N) is 2. The predicted octanol–water partition coefficient (Wildman–Crippen LogP) is 5.19. The highest BCUT2D eigenvalue weighted by Gasteiger charge is 2.47. The molecule has 0 saturated heterocycles. The molecule has 1 aliphatic heterocycles. The quantitative estimate of drug-likeness (QED) is 0.623. The summed E-state index contributed by atoms with van der Waals surface area (Å²) in [6.07, 6.45) is 8.73. The van der Waals surface area contributed by atoms with Gasteiger partial charge in [0, 0.05) is 32.3 Å². The molecule has 1 aliphatic carbocycles. The zero-order valence-electron chi connectivity index (χ0n) is 16.5. The third-order valence-corrected chi connectivity index (χ3v) is 6.81. The standard InChI is InChI=1S/C22H31ClN2O.ClH/c1-3-25-16-14-20(15-17-25)24(2)21(26)22(23,18-10-6-4-7-11-18)19-12-8-5-9-13-19;/h4,6-7,10-11,14,19H,3,5,8-9,12-13,15-17H2,1-2H3;1H. The molecule has 3 rings (SSSR count). The number of carbonyl (C=O) groups is 1. The molecule has 0 N–H and O–H groups in total. The van der Waals surface area contributed by atoms with Crippen LogP contribution < -0.4 is 0 Å². The van der Waals surface area contributed by atoms with Crippen LogP contribution in [0.4, 0.5) is 0 Å². The molecule has 1 aromatic carbocycles. The molecular weight excluding hydrogens is 379 g/mol. The summed E-state index contributed by atoms with van der Waals surface area (Å²) in [4.78, 5) is 16.9. The molecule has 1 fully saturated rings. The molecule has 1 aromatic rings. The van der Waals surface area contributed by atoms with Crippen LogP contribution in [0.1, 0.15) is 51.0 Å². The van der Waals surface area contributed by atoms with E-state index in [2.05, 4.69) is 17.9 Å². The van der Waals surface area contributed by atoms with Gasteiger partial charge in [-0.3, -0.25) is 9.69 Å². The molecule has 0 radical (unpaired) electrons. The van der Waals surface area contributed by atoms with E-state index in [0.717, 1.165) is 63.0 Å². The van der Waals surface area contributed by atoms with Gasteiger partial charge in [-0.05, 0) is 30.9 Å². The fourth-order valence-electron chi connectivity index (χ4n) is 4.38. The van der Waals surface area contributed by atoms with Crippen LogP contribution in [0.2, 0.25) is 0 Å². The summed E-state index contributed by atoms with van der Waals surface area (Å²) in [5.74, 6) is 0.236. The Hall–Kier alpha value is -1.03. The SMILES string of the molecule is CCN1CC=C(N(C)C(=O)C(Cl)(c2ccccc2)C2CCCCC2)CC1.Cl. The van der Waals surface area contributed by atoms with E-state index in [1.165, 1.54) is 6.42 Å². The minimum absolute atomic E-state index is 0. The second kappa shape index (κ2) is 9.95. The van der Waals surface area contributed by atoms with Crippen LogP contribution >= 0.6 is 24.0 Å². The van der Waals surface area contributed by atoms with Crippen molar-refractivity contribution >= 4 is 29.9 Å². The van der Waals surface area contributed by atoms with Crippen LogP contribution in [0.25, 0.3) is 0 Å². The largest absolute Gasteiger partial charge is 0.318 e. The molecule has 2 aliphatic rings. The summed E-state index contributed by atoms with van der Waals surface area (Å²) in [5.41, 5.74) is 2.05. The van der Waals surface area contributed by atoms with E-state index < -0.39 is 4.87 Å². The fraction of sp³-hybridized carbons (Fsp3) is 0.591. The summed E-state index contributed by atoms with van der Waals surface area (Å²) in [6.45, 7) is 5.14. The highest BCUT2D eigenvalue weighted by molar-refractivity contribution is 6.35. The first-order valence-electron chi connectivity index (χ1n) is 10.0. The van der Waals surface area contributed by atoms with Crippen molar-refractivity contribution in [2.24, 2.45) is 5.92 Å². The lowest BCUT2D eigenvalue weighted by Crippen LogP contribution is -2.47. The first kappa shape index (κ1) is 22.3. The van der Waals surface area contributed by atoms with Gasteiger partial charge in [0.1, 0.15) is 0 Å². The Labute approximate surface area is 175 Å². The van der Waals surface area contributed by atoms with Crippen molar-refractivity contribution < 1.29 is 4.79 Å². The van der Waals surface area contributed by atoms with Gasteiger partial charge in [-0.2, -0.15) is 0 Å². The van der Waals surface area contributed by atoms with Crippen molar-refractivity contribution in [2.75, 3.05) is 26.7 Å². The average Bonchev–Trinajstić information content (AvgIpc) is 2.73. The second-order valence-electron chi connectivity index (χ2n) is 7.62. The predicted molar refractivity (Wildman–Crippen MR) is 115 cm³/mol. The number of benzene rings is 1. The first-order chi connectivity index (χ1) is 12.6. The minimum atomic E-state index is -0.959. The van der Waals surface area contributed by atoms with Crippen LogP contribution in [0.3, 0.4) is 0 Å². The summed E-state index contributed by atoms with van der Waals surface area (Å²) in [5, 5.41) is 0. The number of carbonyl (C=O) groups excluding carboxylic acids is 1. The fourth-order valence-corrected chi connectivity index (χ4v) is 4.85. The molecular formula is C22H32Cl2N2O. The highest BCUT2D eigenvalue weighted by Crippen LogP contribution is 2.46. The van der Waals surface area contributed by atoms with E-state index in [9.17, 15) is 4.79 Å². The maximum absolute atomic E-state index is 13.7. The molecule has 150 valence electrons. The molecule has 3 nitrogen and oxygen atoms in total. The summed E-state index contributed by atoms with van der Waals surface area (Å²) in [7, 11) is 1.90. The maximum Gasteiger partial charge on any atom is 0.252 e. The first-order valence-corrected chi connectivity index (χ1v) is 10.4. The van der Waals surface area contributed by atoms with E-state index in [4.69, 9.17) is 11.6 Å². The number of hydrogen-bond donors (Lipinski definition) is 0. The Morgan fingerprint density at radius 3 is 2.44 bits per heavy atom. The molecule has 0 aromatic heterocycles. The molecule has 27 heavy (non-hydrogen) atoms. The summed E-state index contributed by atoms with van der Waals surface area (Å²) >= 11 is 7.24. The number of hydrogen-bond acceptors (Lipinski definition) is 2. The Morgan fingerprint density at radius 1 is 1.22 bits per heavy atom. The van der Waals surface area contributed by atoms with E-state index >= 15 is 0 Å². The van der Waals surface area contributed by atoms with Crippen LogP contribution in [-0.4, -0.2) is 42.4 Å². The lowest BCUT2D eigenvalue weighted by atomic mass is 9.75. The third kappa shape index (κ3) is 4.70. The zero-order valence-corrected chi connectivity index (χ0v) is 18.1. The van der Waals surface area contributed by atoms with Crippen molar-refractivity contribution in [1.29, 1.82) is 0 Å². The normalized spacial score (nSPS) is 20.9. The molecule has 0 bridgehead atoms. The number of halogens is 2. The van der Waals surface area contributed by atoms with E-state index in [0.29, 0.717) is 0 Å². The van der Waals surface area contributed by atoms with Crippen LogP contribution in [0.5, 0.6) is 0 Å². The Morgan fingerprint density at radius 2 is 1.89 bits per heavy atom. The number of likely N-dealkylation sites (N-methyl/N-ethyl adjacent to an activating group) is 2. The van der Waals surface area contributed by atoms with Gasteiger partial charge >= 0.3 is 0 Å². The molecule has 1 saturated carbocycles. The van der Waals surface area contributed by atoms with Gasteiger partial charge in [-0.15, -0.1) is 24.0 Å². The van der Waals surface area contributed by atoms with Crippen molar-refractivity contribution in [2.45, 2.75) is 50.3 Å². The molecule has 1 atom stereocenters. The molecule has 1 heterocycles. The van der Waals surface area contributed by atoms with Gasteiger partial charge in [0.2, 0.25) is 0 Å². The molecule has 5 heteroatoms. The smallest absolute Gasteiger partial charge is 0.252 e. The van der Waals surface area contributed by atoms with Gasteiger partial charge < -0.3 is 4.90 Å². The van der Waals surface area contributed by atoms with Crippen molar-refractivity contribution in [1.82, 2.24) is 9.80 Å². The zero-order chi connectivity index (χ0) is 18.6. The molecule has 1 amide bonds. The van der Waals surface area contributed by atoms with Crippen molar-refractivity contribution in [3.63, 3.8) is 0 Å². The topological polar surface area (TPSA) is 23.6 Å². The highest BCUT2D eigenvalue weighted by atomic mass is 35.5. The third-order valence-electron chi connectivity index (χ3n) is 6.12. The van der Waals surface area contributed by atoms with E-state index in [-0.39, 0.29) is 24.2 Å². The summed E-state index contributed by atoms with van der Waals surface area (Å²) in [6, 6.07) is 9.99.